The second-order valence-electron chi connectivity index (χ2n) is 7.27. The fourth-order valence-electron chi connectivity index (χ4n) is 3.38. The quantitative estimate of drug-likeness (QED) is 0.381. The number of halogens is 1. The number of hydrogen-bond acceptors (Lipinski definition) is 5. The van der Waals surface area contributed by atoms with Crippen molar-refractivity contribution in [3.05, 3.63) is 88.2 Å². The predicted octanol–water partition coefficient (Wildman–Crippen LogP) is 3.82. The van der Waals surface area contributed by atoms with Gasteiger partial charge in [-0.05, 0) is 73.0 Å². The Bertz CT molecular complexity index is 1180. The number of amides is 1. The summed E-state index contributed by atoms with van der Waals surface area (Å²) in [6.45, 7) is 3.35. The molecule has 1 atom stereocenters. The number of aromatic hydroxyl groups is 1. The van der Waals surface area contributed by atoms with E-state index in [-0.39, 0.29) is 28.2 Å². The van der Waals surface area contributed by atoms with Gasteiger partial charge in [-0.25, -0.2) is 4.39 Å². The Hall–Kier alpha value is -4.20. The fraction of sp³-hybridized carbons (Fsp3) is 0.125. The molecule has 0 spiro atoms. The average molecular weight is 437 g/mol. The molecule has 3 aromatic rings. The van der Waals surface area contributed by atoms with Gasteiger partial charge in [0.25, 0.3) is 0 Å². The smallest absolute Gasteiger partial charge is 0.320 e. The molecular weight excluding hydrogens is 417 g/mol. The normalized spacial score (nSPS) is 11.6. The molecule has 0 saturated heterocycles. The van der Waals surface area contributed by atoms with Gasteiger partial charge in [0.05, 0.1) is 5.56 Å². The molecule has 0 aliphatic carbocycles. The van der Waals surface area contributed by atoms with Gasteiger partial charge >= 0.3 is 5.97 Å². The minimum atomic E-state index is -1.49. The number of carboxylic acid groups (broad SMARTS) is 1. The highest BCUT2D eigenvalue weighted by Gasteiger charge is 2.27. The summed E-state index contributed by atoms with van der Waals surface area (Å²) in [4.78, 5) is 35.7. The van der Waals surface area contributed by atoms with Crippen LogP contribution in [-0.4, -0.2) is 27.9 Å². The number of nitrogens with two attached hydrogens (primary N) is 1. The molecule has 1 amide bonds. The van der Waals surface area contributed by atoms with E-state index < -0.39 is 29.4 Å². The molecule has 4 N–H and O–H groups in total. The monoisotopic (exact) mass is 437 g/mol. The topological polar surface area (TPSA) is 127 Å². The lowest BCUT2D eigenvalue weighted by molar-refractivity contribution is -0.142. The van der Waals surface area contributed by atoms with Gasteiger partial charge in [0.2, 0.25) is 5.91 Å². The molecule has 0 aliphatic rings. The van der Waals surface area contributed by atoms with E-state index >= 15 is 0 Å². The van der Waals surface area contributed by atoms with Crippen molar-refractivity contribution in [1.82, 2.24) is 0 Å². The van der Waals surface area contributed by atoms with Crippen molar-refractivity contribution < 1.29 is 33.7 Å². The maximum absolute atomic E-state index is 13.1. The summed E-state index contributed by atoms with van der Waals surface area (Å²) in [6.07, 6.45) is 0. The van der Waals surface area contributed by atoms with Gasteiger partial charge in [0, 0.05) is 5.56 Å². The van der Waals surface area contributed by atoms with Crippen molar-refractivity contribution in [2.24, 2.45) is 5.73 Å². The molecule has 0 heterocycles. The molecule has 0 fully saturated rings. The van der Waals surface area contributed by atoms with E-state index in [9.17, 15) is 29.0 Å². The molecule has 0 radical (unpaired) electrons. The minimum Gasteiger partial charge on any atom is -0.507 e. The minimum absolute atomic E-state index is 0.0271. The lowest BCUT2D eigenvalue weighted by Gasteiger charge is -2.16. The highest BCUT2D eigenvalue weighted by atomic mass is 19.1. The largest absolute Gasteiger partial charge is 0.507 e. The van der Waals surface area contributed by atoms with E-state index in [1.807, 2.05) is 0 Å². The third-order valence-corrected chi connectivity index (χ3v) is 4.89. The molecular formula is C24H20FNO6. The second kappa shape index (κ2) is 8.89. The highest BCUT2D eigenvalue weighted by Crippen LogP contribution is 2.34. The van der Waals surface area contributed by atoms with Crippen LogP contribution in [0.4, 0.5) is 4.39 Å². The van der Waals surface area contributed by atoms with Crippen molar-refractivity contribution in [2.45, 2.75) is 19.8 Å². The number of carboxylic acids is 1. The summed E-state index contributed by atoms with van der Waals surface area (Å²) in [7, 11) is 0. The van der Waals surface area contributed by atoms with Gasteiger partial charge in [-0.1, -0.05) is 12.1 Å². The number of primary amides is 1. The van der Waals surface area contributed by atoms with Crippen LogP contribution in [0.5, 0.6) is 17.2 Å². The Morgan fingerprint density at radius 2 is 1.56 bits per heavy atom. The molecule has 0 aliphatic heterocycles. The van der Waals surface area contributed by atoms with Crippen molar-refractivity contribution in [2.75, 3.05) is 0 Å². The molecule has 0 aromatic heterocycles. The summed E-state index contributed by atoms with van der Waals surface area (Å²) in [5.74, 6) is -4.44. The van der Waals surface area contributed by atoms with Crippen LogP contribution in [0.15, 0.2) is 54.6 Å². The number of carbonyl (C=O) groups is 3. The first-order chi connectivity index (χ1) is 15.1. The number of aliphatic carboxylic acids is 1. The fourth-order valence-corrected chi connectivity index (χ4v) is 3.38. The Morgan fingerprint density at radius 1 is 0.969 bits per heavy atom. The molecule has 8 heteroatoms. The van der Waals surface area contributed by atoms with Crippen LogP contribution in [0.25, 0.3) is 0 Å². The number of hydrogen-bond donors (Lipinski definition) is 3. The first kappa shape index (κ1) is 22.5. The van der Waals surface area contributed by atoms with E-state index in [1.165, 1.54) is 42.5 Å². The van der Waals surface area contributed by atoms with E-state index in [4.69, 9.17) is 10.5 Å². The highest BCUT2D eigenvalue weighted by molar-refractivity contribution is 6.10. The standard InChI is InChI=1S/C24H20FNO6/c1-12-9-15(20(23(26)29)24(30)31)10-13(2)22(12)32-17-7-8-19(27)18(11-17)21(28)14-3-5-16(25)6-4-14/h3-11,20,27H,1-2H3,(H2,26,29)(H,30,31). The third kappa shape index (κ3) is 4.59. The average Bonchev–Trinajstić information content (AvgIpc) is 2.71. The molecule has 0 saturated carbocycles. The van der Waals surface area contributed by atoms with Crippen LogP contribution >= 0.6 is 0 Å². The van der Waals surface area contributed by atoms with Crippen LogP contribution in [0.2, 0.25) is 0 Å². The van der Waals surface area contributed by atoms with Gasteiger partial charge in [0.1, 0.15) is 23.1 Å². The summed E-state index contributed by atoms with van der Waals surface area (Å²) in [5, 5.41) is 19.4. The SMILES string of the molecule is Cc1cc(C(C(N)=O)C(=O)O)cc(C)c1Oc1ccc(O)c(C(=O)c2ccc(F)cc2)c1. The summed E-state index contributed by atoms with van der Waals surface area (Å²) in [5.41, 5.74) is 6.71. The van der Waals surface area contributed by atoms with Gasteiger partial charge in [0.15, 0.2) is 11.7 Å². The summed E-state index contributed by atoms with van der Waals surface area (Å²) >= 11 is 0. The number of aryl methyl sites for hydroxylation is 2. The van der Waals surface area contributed by atoms with Crippen molar-refractivity contribution in [1.29, 1.82) is 0 Å². The predicted molar refractivity (Wildman–Crippen MR) is 114 cm³/mol. The molecule has 7 nitrogen and oxygen atoms in total. The zero-order chi connectivity index (χ0) is 23.6. The Labute approximate surface area is 182 Å². The molecule has 164 valence electrons. The zero-order valence-electron chi connectivity index (χ0n) is 17.3. The van der Waals surface area contributed by atoms with Crippen LogP contribution in [0.1, 0.15) is 38.5 Å². The van der Waals surface area contributed by atoms with E-state index in [0.717, 1.165) is 12.1 Å². The Morgan fingerprint density at radius 3 is 2.09 bits per heavy atom. The van der Waals surface area contributed by atoms with Crippen LogP contribution in [0, 0.1) is 19.7 Å². The van der Waals surface area contributed by atoms with Gasteiger partial charge < -0.3 is 20.7 Å². The molecule has 3 aromatic carbocycles. The Balaban J connectivity index is 1.95. The maximum atomic E-state index is 13.1. The Kier molecular flexibility index (Phi) is 6.25. The summed E-state index contributed by atoms with van der Waals surface area (Å²) < 4.78 is 19.1. The van der Waals surface area contributed by atoms with E-state index in [1.54, 1.807) is 13.8 Å². The summed E-state index contributed by atoms with van der Waals surface area (Å²) in [6, 6.07) is 12.0. The van der Waals surface area contributed by atoms with Crippen LogP contribution in [-0.2, 0) is 9.59 Å². The number of rotatable bonds is 7. The lowest BCUT2D eigenvalue weighted by Crippen LogP contribution is -2.28. The van der Waals surface area contributed by atoms with E-state index in [0.29, 0.717) is 16.9 Å². The number of carbonyl (C=O) groups excluding carboxylic acids is 2. The number of phenolic OH excluding ortho intramolecular Hbond substituents is 1. The molecule has 0 bridgehead atoms. The van der Waals surface area contributed by atoms with Gasteiger partial charge in [-0.3, -0.25) is 14.4 Å². The number of benzene rings is 3. The van der Waals surface area contributed by atoms with Gasteiger partial charge in [-0.2, -0.15) is 0 Å². The third-order valence-electron chi connectivity index (χ3n) is 4.89. The van der Waals surface area contributed by atoms with Crippen LogP contribution < -0.4 is 10.5 Å². The lowest BCUT2D eigenvalue weighted by atomic mass is 9.94. The first-order valence-corrected chi connectivity index (χ1v) is 9.53. The zero-order valence-corrected chi connectivity index (χ0v) is 17.3. The number of ether oxygens (including phenoxy) is 1. The number of ketones is 1. The van der Waals surface area contributed by atoms with Crippen molar-refractivity contribution in [3.63, 3.8) is 0 Å². The van der Waals surface area contributed by atoms with E-state index in [2.05, 4.69) is 0 Å². The molecule has 3 rings (SSSR count). The van der Waals surface area contributed by atoms with Crippen molar-refractivity contribution in [3.8, 4) is 17.2 Å². The van der Waals surface area contributed by atoms with Crippen LogP contribution in [0.3, 0.4) is 0 Å². The van der Waals surface area contributed by atoms with Crippen molar-refractivity contribution >= 4 is 17.7 Å². The molecule has 32 heavy (non-hydrogen) atoms. The second-order valence-corrected chi connectivity index (χ2v) is 7.27. The molecule has 1 unspecified atom stereocenters. The first-order valence-electron chi connectivity index (χ1n) is 9.53. The van der Waals surface area contributed by atoms with Gasteiger partial charge in [-0.15, -0.1) is 0 Å². The number of phenols is 1. The maximum Gasteiger partial charge on any atom is 0.320 e.